The van der Waals surface area contributed by atoms with Gasteiger partial charge in [0.05, 0.1) is 18.0 Å². The zero-order valence-electron chi connectivity index (χ0n) is 16.8. The lowest BCUT2D eigenvalue weighted by molar-refractivity contribution is 0.0617. The first-order valence-electron chi connectivity index (χ1n) is 9.11. The average molecular weight is 532 g/mol. The minimum absolute atomic E-state index is 0. The molecule has 160 valence electrons. The maximum absolute atomic E-state index is 11.8. The highest BCUT2D eigenvalue weighted by atomic mass is 127. The molecule has 4 N–H and O–H groups in total. The number of aliphatic imine (C=N–C) groups is 1. The van der Waals surface area contributed by atoms with Crippen LogP contribution in [0.15, 0.2) is 64.5 Å². The van der Waals surface area contributed by atoms with Crippen molar-refractivity contribution in [1.82, 2.24) is 15.4 Å². The van der Waals surface area contributed by atoms with Crippen LogP contribution in [0.1, 0.15) is 25.0 Å². The molecule has 0 aliphatic carbocycles. The number of aliphatic hydroxyl groups is 1. The number of hydrogen-bond donors (Lipinski definition) is 4. The minimum Gasteiger partial charge on any atom is -0.384 e. The van der Waals surface area contributed by atoms with Crippen LogP contribution in [-0.2, 0) is 22.2 Å². The van der Waals surface area contributed by atoms with E-state index in [2.05, 4.69) is 20.3 Å². The monoisotopic (exact) mass is 532 g/mol. The van der Waals surface area contributed by atoms with Crippen LogP contribution < -0.4 is 15.4 Å². The van der Waals surface area contributed by atoms with Crippen LogP contribution in [0, 0.1) is 0 Å². The van der Waals surface area contributed by atoms with Gasteiger partial charge in [0, 0.05) is 6.54 Å². The Morgan fingerprint density at radius 2 is 1.69 bits per heavy atom. The van der Waals surface area contributed by atoms with Crippen LogP contribution in [0.2, 0.25) is 0 Å². The molecule has 2 rings (SSSR count). The molecular weight excluding hydrogens is 503 g/mol. The largest absolute Gasteiger partial charge is 0.384 e. The van der Waals surface area contributed by atoms with Crippen molar-refractivity contribution in [3.05, 3.63) is 65.7 Å². The quantitative estimate of drug-likeness (QED) is 0.237. The van der Waals surface area contributed by atoms with Gasteiger partial charge in [-0.1, -0.05) is 42.5 Å². The van der Waals surface area contributed by atoms with E-state index in [1.807, 2.05) is 37.3 Å². The fraction of sp³-hybridized carbons (Fsp3) is 0.350. The second kappa shape index (κ2) is 11.5. The average Bonchev–Trinajstić information content (AvgIpc) is 2.71. The van der Waals surface area contributed by atoms with Gasteiger partial charge in [0.2, 0.25) is 10.0 Å². The minimum atomic E-state index is -3.44. The maximum Gasteiger partial charge on any atom is 0.240 e. The Balaban J connectivity index is 0.00000420. The molecule has 0 saturated carbocycles. The van der Waals surface area contributed by atoms with E-state index >= 15 is 0 Å². The van der Waals surface area contributed by atoms with Crippen molar-refractivity contribution in [3.8, 4) is 0 Å². The molecule has 0 saturated heterocycles. The Labute approximate surface area is 190 Å². The fourth-order valence-electron chi connectivity index (χ4n) is 2.56. The van der Waals surface area contributed by atoms with Crippen molar-refractivity contribution >= 4 is 40.0 Å². The first-order valence-corrected chi connectivity index (χ1v) is 10.6. The Hall–Kier alpha value is -1.69. The molecule has 0 spiro atoms. The van der Waals surface area contributed by atoms with Crippen molar-refractivity contribution in [3.63, 3.8) is 0 Å². The van der Waals surface area contributed by atoms with Crippen molar-refractivity contribution in [1.29, 1.82) is 0 Å². The SMILES string of the molecule is CCNC(=NCc1ccc(S(=O)(=O)NC)cc1)NCC(C)(O)c1ccccc1.I. The first kappa shape index (κ1) is 25.3. The lowest BCUT2D eigenvalue weighted by Crippen LogP contribution is -2.44. The van der Waals surface area contributed by atoms with E-state index in [9.17, 15) is 13.5 Å². The van der Waals surface area contributed by atoms with Crippen LogP contribution in [0.5, 0.6) is 0 Å². The number of nitrogens with one attached hydrogen (secondary N) is 3. The molecule has 7 nitrogen and oxygen atoms in total. The number of sulfonamides is 1. The second-order valence-electron chi connectivity index (χ2n) is 6.54. The molecule has 2 aromatic rings. The van der Waals surface area contributed by atoms with Gasteiger partial charge < -0.3 is 15.7 Å². The Morgan fingerprint density at radius 1 is 1.07 bits per heavy atom. The van der Waals surface area contributed by atoms with E-state index in [0.29, 0.717) is 25.6 Å². The van der Waals surface area contributed by atoms with E-state index in [-0.39, 0.29) is 28.9 Å². The molecule has 0 amide bonds. The molecule has 0 fully saturated rings. The summed E-state index contributed by atoms with van der Waals surface area (Å²) < 4.78 is 25.8. The zero-order valence-corrected chi connectivity index (χ0v) is 20.0. The molecule has 0 aromatic heterocycles. The summed E-state index contributed by atoms with van der Waals surface area (Å²) in [6, 6.07) is 16.0. The van der Waals surface area contributed by atoms with Gasteiger partial charge in [-0.05, 0) is 44.2 Å². The Morgan fingerprint density at radius 3 is 2.24 bits per heavy atom. The summed E-state index contributed by atoms with van der Waals surface area (Å²) in [5, 5.41) is 17.0. The van der Waals surface area contributed by atoms with Gasteiger partial charge in [-0.3, -0.25) is 0 Å². The van der Waals surface area contributed by atoms with Gasteiger partial charge in [-0.15, -0.1) is 24.0 Å². The summed E-state index contributed by atoms with van der Waals surface area (Å²) in [4.78, 5) is 4.73. The second-order valence-corrected chi connectivity index (χ2v) is 8.43. The number of guanidine groups is 1. The van der Waals surface area contributed by atoms with Gasteiger partial charge in [0.25, 0.3) is 0 Å². The van der Waals surface area contributed by atoms with Crippen molar-refractivity contribution in [2.45, 2.75) is 30.9 Å². The topological polar surface area (TPSA) is 103 Å². The molecule has 0 radical (unpaired) electrons. The van der Waals surface area contributed by atoms with Gasteiger partial charge in [-0.2, -0.15) is 0 Å². The third kappa shape index (κ3) is 7.57. The highest BCUT2D eigenvalue weighted by Crippen LogP contribution is 2.18. The number of halogens is 1. The summed E-state index contributed by atoms with van der Waals surface area (Å²) in [5.41, 5.74) is 0.655. The molecule has 2 aromatic carbocycles. The lowest BCUT2D eigenvalue weighted by atomic mass is 9.96. The summed E-state index contributed by atoms with van der Waals surface area (Å²) in [6.45, 7) is 5.06. The van der Waals surface area contributed by atoms with Gasteiger partial charge in [0.15, 0.2) is 5.96 Å². The summed E-state index contributed by atoms with van der Waals surface area (Å²) in [6.07, 6.45) is 0. The molecule has 0 aliphatic rings. The highest BCUT2D eigenvalue weighted by Gasteiger charge is 2.22. The van der Waals surface area contributed by atoms with Gasteiger partial charge in [0.1, 0.15) is 5.60 Å². The van der Waals surface area contributed by atoms with E-state index < -0.39 is 15.6 Å². The fourth-order valence-corrected chi connectivity index (χ4v) is 3.29. The van der Waals surface area contributed by atoms with E-state index in [4.69, 9.17) is 0 Å². The number of benzene rings is 2. The Kier molecular flexibility index (Phi) is 10.0. The lowest BCUT2D eigenvalue weighted by Gasteiger charge is -2.25. The summed E-state index contributed by atoms with van der Waals surface area (Å²) in [5.74, 6) is 0.575. The predicted molar refractivity (Wildman–Crippen MR) is 127 cm³/mol. The van der Waals surface area contributed by atoms with Crippen LogP contribution >= 0.6 is 24.0 Å². The van der Waals surface area contributed by atoms with Crippen molar-refractivity contribution in [2.24, 2.45) is 4.99 Å². The van der Waals surface area contributed by atoms with Crippen LogP contribution in [-0.4, -0.2) is 39.6 Å². The zero-order chi connectivity index (χ0) is 20.6. The predicted octanol–water partition coefficient (Wildman–Crippen LogP) is 2.18. The molecule has 0 bridgehead atoms. The normalized spacial score (nSPS) is 13.9. The van der Waals surface area contributed by atoms with E-state index in [1.165, 1.54) is 7.05 Å². The van der Waals surface area contributed by atoms with E-state index in [0.717, 1.165) is 11.1 Å². The number of nitrogens with zero attached hydrogens (tertiary/aromatic N) is 1. The number of rotatable bonds is 8. The molecule has 0 aliphatic heterocycles. The molecule has 9 heteroatoms. The van der Waals surface area contributed by atoms with E-state index in [1.54, 1.807) is 31.2 Å². The Bertz CT molecular complexity index is 886. The smallest absolute Gasteiger partial charge is 0.240 e. The number of hydrogen-bond acceptors (Lipinski definition) is 4. The molecular formula is C20H29IN4O3S. The van der Waals surface area contributed by atoms with Crippen molar-refractivity contribution < 1.29 is 13.5 Å². The van der Waals surface area contributed by atoms with Gasteiger partial charge in [-0.25, -0.2) is 18.1 Å². The van der Waals surface area contributed by atoms with Crippen molar-refractivity contribution in [2.75, 3.05) is 20.1 Å². The third-order valence-electron chi connectivity index (χ3n) is 4.26. The third-order valence-corrected chi connectivity index (χ3v) is 5.69. The molecule has 1 unspecified atom stereocenters. The molecule has 29 heavy (non-hydrogen) atoms. The molecule has 1 atom stereocenters. The highest BCUT2D eigenvalue weighted by molar-refractivity contribution is 14.0. The van der Waals surface area contributed by atoms with Crippen LogP contribution in [0.4, 0.5) is 0 Å². The summed E-state index contributed by atoms with van der Waals surface area (Å²) in [7, 11) is -2.06. The van der Waals surface area contributed by atoms with Gasteiger partial charge >= 0.3 is 0 Å². The van der Waals surface area contributed by atoms with Crippen LogP contribution in [0.25, 0.3) is 0 Å². The standard InChI is InChI=1S/C20H28N4O3S.HI/c1-4-22-19(24-15-20(2,25)17-8-6-5-7-9-17)23-14-16-10-12-18(13-11-16)28(26,27)21-3;/h5-13,21,25H,4,14-15H2,1-3H3,(H2,22,23,24);1H. The van der Waals surface area contributed by atoms with Crippen LogP contribution in [0.3, 0.4) is 0 Å². The first-order chi connectivity index (χ1) is 13.3. The summed E-state index contributed by atoms with van der Waals surface area (Å²) >= 11 is 0. The molecule has 0 heterocycles. The maximum atomic E-state index is 11.8.